The third-order valence-corrected chi connectivity index (χ3v) is 4.42. The number of pyridine rings is 1. The molecule has 2 rings (SSSR count). The fourth-order valence-corrected chi connectivity index (χ4v) is 3.22. The summed E-state index contributed by atoms with van der Waals surface area (Å²) in [5.41, 5.74) is 1.33. The van der Waals surface area contributed by atoms with Gasteiger partial charge in [0, 0.05) is 24.4 Å². The fourth-order valence-electron chi connectivity index (χ4n) is 3.22. The number of terminal acetylenes is 2. The maximum absolute atomic E-state index is 9.79. The highest BCUT2D eigenvalue weighted by Gasteiger charge is 2.38. The number of nitrogens with zero attached hydrogens (tertiary/aromatic N) is 2. The molecule has 0 bridgehead atoms. The molecule has 120 valence electrons. The van der Waals surface area contributed by atoms with Gasteiger partial charge in [0.05, 0.1) is 11.5 Å². The lowest BCUT2D eigenvalue weighted by atomic mass is 9.72. The second-order valence-corrected chi connectivity index (χ2v) is 6.55. The second kappa shape index (κ2) is 9.02. The van der Waals surface area contributed by atoms with Crippen molar-refractivity contribution < 1.29 is 0 Å². The highest BCUT2D eigenvalue weighted by atomic mass is 14.6. The summed E-state index contributed by atoms with van der Waals surface area (Å²) in [6.45, 7) is 6.42. The van der Waals surface area contributed by atoms with Crippen LogP contribution in [0.25, 0.3) is 0 Å². The molecule has 1 aliphatic rings. The Morgan fingerprint density at radius 2 is 1.78 bits per heavy atom. The molecule has 23 heavy (non-hydrogen) atoms. The molecule has 2 atom stereocenters. The first-order chi connectivity index (χ1) is 11.0. The van der Waals surface area contributed by atoms with Gasteiger partial charge in [0.2, 0.25) is 0 Å². The highest BCUT2D eigenvalue weighted by molar-refractivity contribution is 5.39. The molecule has 0 amide bonds. The first-order valence-corrected chi connectivity index (χ1v) is 8.28. The van der Waals surface area contributed by atoms with Crippen LogP contribution in [0.1, 0.15) is 64.0 Å². The van der Waals surface area contributed by atoms with Crippen LogP contribution in [0.2, 0.25) is 0 Å². The molecular weight excluding hydrogens is 280 g/mol. The van der Waals surface area contributed by atoms with Crippen molar-refractivity contribution in [3.8, 4) is 30.8 Å². The van der Waals surface area contributed by atoms with Crippen molar-refractivity contribution in [3.63, 3.8) is 0 Å². The minimum atomic E-state index is -0.421. The van der Waals surface area contributed by atoms with Crippen molar-refractivity contribution in [1.29, 1.82) is 5.26 Å². The summed E-state index contributed by atoms with van der Waals surface area (Å²) >= 11 is 0. The smallest absolute Gasteiger partial charge is 0.0842 e. The lowest BCUT2D eigenvalue weighted by Gasteiger charge is -2.28. The van der Waals surface area contributed by atoms with Crippen LogP contribution >= 0.6 is 0 Å². The van der Waals surface area contributed by atoms with E-state index in [1.54, 1.807) is 6.20 Å². The molecule has 1 heterocycles. The molecule has 2 unspecified atom stereocenters. The minimum absolute atomic E-state index is 0.421. The zero-order valence-electron chi connectivity index (χ0n) is 14.5. The van der Waals surface area contributed by atoms with Crippen LogP contribution in [0.3, 0.4) is 0 Å². The van der Waals surface area contributed by atoms with Crippen LogP contribution in [-0.4, -0.2) is 4.98 Å². The van der Waals surface area contributed by atoms with Gasteiger partial charge in [0.1, 0.15) is 0 Å². The van der Waals surface area contributed by atoms with E-state index in [0.29, 0.717) is 11.8 Å². The molecule has 0 saturated heterocycles. The van der Waals surface area contributed by atoms with Gasteiger partial charge in [-0.15, -0.1) is 18.8 Å². The lowest BCUT2D eigenvalue weighted by Crippen LogP contribution is -2.27. The van der Waals surface area contributed by atoms with E-state index < -0.39 is 5.41 Å². The molecule has 0 N–H and O–H groups in total. The summed E-state index contributed by atoms with van der Waals surface area (Å²) in [5.74, 6) is 6.18. The van der Waals surface area contributed by atoms with Gasteiger partial charge in [-0.25, -0.2) is 0 Å². The molecule has 2 nitrogen and oxygen atoms in total. The molecule has 2 heteroatoms. The van der Waals surface area contributed by atoms with Crippen LogP contribution in [0.15, 0.2) is 18.5 Å². The first kappa shape index (κ1) is 18.8. The van der Waals surface area contributed by atoms with Gasteiger partial charge in [-0.2, -0.15) is 5.26 Å². The van der Waals surface area contributed by atoms with E-state index in [9.17, 15) is 5.26 Å². The van der Waals surface area contributed by atoms with Crippen molar-refractivity contribution in [2.75, 3.05) is 0 Å². The summed E-state index contributed by atoms with van der Waals surface area (Å²) in [6.07, 6.45) is 18.8. The molecule has 0 radical (unpaired) electrons. The van der Waals surface area contributed by atoms with Gasteiger partial charge in [-0.05, 0) is 36.3 Å². The minimum Gasteiger partial charge on any atom is -0.263 e. The van der Waals surface area contributed by atoms with Crippen LogP contribution in [0.5, 0.6) is 0 Å². The fraction of sp³-hybridized carbons (Fsp3) is 0.524. The Labute approximate surface area is 141 Å². The Morgan fingerprint density at radius 3 is 2.22 bits per heavy atom. The van der Waals surface area contributed by atoms with Gasteiger partial charge >= 0.3 is 0 Å². The van der Waals surface area contributed by atoms with Gasteiger partial charge in [0.15, 0.2) is 0 Å². The third kappa shape index (κ3) is 5.16. The van der Waals surface area contributed by atoms with Crippen LogP contribution in [0, 0.1) is 47.9 Å². The maximum Gasteiger partial charge on any atom is 0.0842 e. The van der Waals surface area contributed by atoms with Crippen LogP contribution < -0.4 is 0 Å². The molecule has 1 aromatic heterocycles. The van der Waals surface area contributed by atoms with Crippen LogP contribution in [0.4, 0.5) is 0 Å². The normalized spacial score (nSPS) is 26.4. The average molecular weight is 306 g/mol. The topological polar surface area (TPSA) is 36.7 Å². The largest absolute Gasteiger partial charge is 0.263 e. The Balaban J connectivity index is 0.000000593. The summed E-state index contributed by atoms with van der Waals surface area (Å²) < 4.78 is 0. The molecule has 0 spiro atoms. The van der Waals surface area contributed by atoms with Crippen LogP contribution in [-0.2, 0) is 5.41 Å². The number of aromatic nitrogens is 1. The zero-order valence-corrected chi connectivity index (χ0v) is 14.5. The third-order valence-electron chi connectivity index (χ3n) is 4.42. The first-order valence-electron chi connectivity index (χ1n) is 8.28. The predicted octanol–water partition coefficient (Wildman–Crippen LogP) is 4.70. The molecule has 1 aliphatic carbocycles. The Kier molecular flexibility index (Phi) is 7.38. The maximum atomic E-state index is 9.79. The van der Waals surface area contributed by atoms with E-state index in [4.69, 9.17) is 12.8 Å². The Hall–Kier alpha value is -2.24. The summed E-state index contributed by atoms with van der Waals surface area (Å²) in [7, 11) is 0. The molecule has 1 aromatic rings. The number of hydrogen-bond acceptors (Lipinski definition) is 2. The van der Waals surface area contributed by atoms with Gasteiger partial charge < -0.3 is 0 Å². The lowest BCUT2D eigenvalue weighted by molar-refractivity contribution is 0.382. The van der Waals surface area contributed by atoms with E-state index >= 15 is 0 Å². The van der Waals surface area contributed by atoms with Gasteiger partial charge in [-0.1, -0.05) is 39.5 Å². The molecule has 1 fully saturated rings. The van der Waals surface area contributed by atoms with Crippen molar-refractivity contribution >= 4 is 0 Å². The van der Waals surface area contributed by atoms with E-state index in [2.05, 4.69) is 36.7 Å². The zero-order chi connectivity index (χ0) is 17.3. The summed E-state index contributed by atoms with van der Waals surface area (Å²) in [6, 6.07) is 4.54. The number of rotatable bonds is 1. The van der Waals surface area contributed by atoms with Gasteiger partial charge in [0.25, 0.3) is 0 Å². The van der Waals surface area contributed by atoms with E-state index in [0.717, 1.165) is 30.4 Å². The molecule has 0 aromatic carbocycles. The quantitative estimate of drug-likeness (QED) is 0.557. The monoisotopic (exact) mass is 306 g/mol. The molecular formula is C21H26N2. The summed E-state index contributed by atoms with van der Waals surface area (Å²) in [4.78, 5) is 4.21. The van der Waals surface area contributed by atoms with Gasteiger partial charge in [-0.3, -0.25) is 4.98 Å². The average Bonchev–Trinajstić information content (AvgIpc) is 2.74. The van der Waals surface area contributed by atoms with Crippen molar-refractivity contribution in [2.24, 2.45) is 11.8 Å². The van der Waals surface area contributed by atoms with E-state index in [1.807, 2.05) is 19.2 Å². The van der Waals surface area contributed by atoms with Crippen molar-refractivity contribution in [1.82, 2.24) is 4.98 Å². The molecule has 1 saturated carbocycles. The Bertz CT molecular complexity index is 612. The Morgan fingerprint density at radius 1 is 1.22 bits per heavy atom. The van der Waals surface area contributed by atoms with E-state index in [1.165, 1.54) is 12.8 Å². The highest BCUT2D eigenvalue weighted by Crippen LogP contribution is 2.42. The SMILES string of the molecule is C#CCC.C#Cc1cncc(C2(C#N)CC(C)CCC(C)C2)c1. The number of nitriles is 1. The predicted molar refractivity (Wildman–Crippen MR) is 95.4 cm³/mol. The van der Waals surface area contributed by atoms with Crippen molar-refractivity contribution in [3.05, 3.63) is 29.6 Å². The molecule has 0 aliphatic heterocycles. The second-order valence-electron chi connectivity index (χ2n) is 6.55. The van der Waals surface area contributed by atoms with E-state index in [-0.39, 0.29) is 0 Å². The number of hydrogen-bond donors (Lipinski definition) is 0. The van der Waals surface area contributed by atoms with Crippen molar-refractivity contribution in [2.45, 2.75) is 58.3 Å². The standard InChI is InChI=1S/C17H20N2.C4H6/c1-4-15-7-16(11-19-10-15)17(12-18)8-13(2)5-6-14(3)9-17;1-3-4-2/h1,7,10-11,13-14H,5-6,8-9H2,2-3H3;1H,4H2,2H3. The summed E-state index contributed by atoms with van der Waals surface area (Å²) in [5, 5.41) is 9.79.